The number of nitrogens with one attached hydrogen (secondary N) is 1. The molecule has 0 spiro atoms. The molecule has 1 heterocycles. The van der Waals surface area contributed by atoms with Crippen LogP contribution in [0.3, 0.4) is 0 Å². The normalized spacial score (nSPS) is 11.7. The lowest BCUT2D eigenvalue weighted by Gasteiger charge is -2.02. The Labute approximate surface area is 86.8 Å². The number of rotatable bonds is 3. The third-order valence-corrected chi connectivity index (χ3v) is 2.51. The van der Waals surface area contributed by atoms with E-state index in [9.17, 15) is 18.0 Å². The van der Waals surface area contributed by atoms with Crippen LogP contribution < -0.4 is 5.32 Å². The Bertz CT molecular complexity index is 375. The van der Waals surface area contributed by atoms with Gasteiger partial charge in [0.25, 0.3) is 0 Å². The summed E-state index contributed by atoms with van der Waals surface area (Å²) in [7, 11) is 1.54. The minimum absolute atomic E-state index is 0.0993. The molecule has 2 N–H and O–H groups in total. The Morgan fingerprint density at radius 3 is 2.53 bits per heavy atom. The van der Waals surface area contributed by atoms with Gasteiger partial charge < -0.3 is 10.4 Å². The number of aromatic nitrogens is 1. The number of thiazole rings is 1. The molecule has 0 radical (unpaired) electrons. The number of aromatic carboxylic acids is 1. The summed E-state index contributed by atoms with van der Waals surface area (Å²) < 4.78 is 37.0. The summed E-state index contributed by atoms with van der Waals surface area (Å²) >= 11 is 0.526. The lowest BCUT2D eigenvalue weighted by molar-refractivity contribution is -0.141. The monoisotopic (exact) mass is 240 g/mol. The lowest BCUT2D eigenvalue weighted by Crippen LogP contribution is -2.12. The summed E-state index contributed by atoms with van der Waals surface area (Å²) in [5.41, 5.74) is -1.33. The van der Waals surface area contributed by atoms with Gasteiger partial charge in [0.1, 0.15) is 9.88 Å². The van der Waals surface area contributed by atoms with Gasteiger partial charge in [-0.05, 0) is 7.05 Å². The van der Waals surface area contributed by atoms with E-state index in [0.29, 0.717) is 11.3 Å². The van der Waals surface area contributed by atoms with Crippen molar-refractivity contribution in [1.82, 2.24) is 10.3 Å². The maximum atomic E-state index is 12.3. The molecule has 0 aliphatic carbocycles. The van der Waals surface area contributed by atoms with Gasteiger partial charge in [-0.3, -0.25) is 0 Å². The number of nitrogens with zero attached hydrogens (tertiary/aromatic N) is 1. The molecule has 1 rings (SSSR count). The number of hydrogen-bond acceptors (Lipinski definition) is 4. The molecule has 0 aliphatic rings. The van der Waals surface area contributed by atoms with E-state index in [1.54, 1.807) is 0 Å². The van der Waals surface area contributed by atoms with E-state index in [1.807, 2.05) is 0 Å². The Balaban J connectivity index is 3.18. The second kappa shape index (κ2) is 4.15. The van der Waals surface area contributed by atoms with Crippen LogP contribution in [0.1, 0.15) is 20.4 Å². The number of carbonyl (C=O) groups is 1. The second-order valence-corrected chi connectivity index (χ2v) is 3.70. The highest BCUT2D eigenvalue weighted by Gasteiger charge is 2.39. The zero-order valence-corrected chi connectivity index (χ0v) is 8.37. The van der Waals surface area contributed by atoms with Crippen molar-refractivity contribution in [2.45, 2.75) is 12.7 Å². The number of halogens is 3. The van der Waals surface area contributed by atoms with Crippen molar-refractivity contribution in [2.75, 3.05) is 7.05 Å². The molecule has 0 bridgehead atoms. The van der Waals surface area contributed by atoms with Crippen LogP contribution in [-0.4, -0.2) is 23.1 Å². The van der Waals surface area contributed by atoms with Crippen molar-refractivity contribution >= 4 is 17.3 Å². The summed E-state index contributed by atoms with van der Waals surface area (Å²) in [6, 6.07) is 0. The van der Waals surface area contributed by atoms with E-state index in [2.05, 4.69) is 10.3 Å². The van der Waals surface area contributed by atoms with E-state index >= 15 is 0 Å². The van der Waals surface area contributed by atoms with E-state index in [-0.39, 0.29) is 11.6 Å². The topological polar surface area (TPSA) is 62.2 Å². The van der Waals surface area contributed by atoms with E-state index in [0.717, 1.165) is 0 Å². The molecule has 0 saturated heterocycles. The van der Waals surface area contributed by atoms with E-state index < -0.39 is 22.7 Å². The van der Waals surface area contributed by atoms with Gasteiger partial charge in [-0.2, -0.15) is 13.2 Å². The van der Waals surface area contributed by atoms with Crippen LogP contribution in [0.5, 0.6) is 0 Å². The SMILES string of the molecule is CNCc1nc(C(F)(F)F)c(C(=O)O)s1. The van der Waals surface area contributed by atoms with E-state index in [4.69, 9.17) is 5.11 Å². The molecule has 0 aromatic carbocycles. The number of alkyl halides is 3. The Kier molecular flexibility index (Phi) is 3.30. The van der Waals surface area contributed by atoms with E-state index in [1.165, 1.54) is 7.05 Å². The van der Waals surface area contributed by atoms with Gasteiger partial charge in [-0.1, -0.05) is 0 Å². The van der Waals surface area contributed by atoms with Crippen LogP contribution in [0.25, 0.3) is 0 Å². The molecule has 4 nitrogen and oxygen atoms in total. The minimum atomic E-state index is -4.73. The van der Waals surface area contributed by atoms with Gasteiger partial charge >= 0.3 is 12.1 Å². The van der Waals surface area contributed by atoms with Crippen LogP contribution in [-0.2, 0) is 12.7 Å². The molecule has 0 saturated carbocycles. The summed E-state index contributed by atoms with van der Waals surface area (Å²) in [4.78, 5) is 13.0. The number of hydrogen-bond donors (Lipinski definition) is 2. The van der Waals surface area contributed by atoms with Crippen molar-refractivity contribution in [1.29, 1.82) is 0 Å². The first-order valence-electron chi connectivity index (χ1n) is 3.81. The quantitative estimate of drug-likeness (QED) is 0.842. The molecule has 1 aromatic heterocycles. The van der Waals surface area contributed by atoms with Gasteiger partial charge in [0.15, 0.2) is 5.69 Å². The number of carboxylic acids is 1. The van der Waals surface area contributed by atoms with Crippen molar-refractivity contribution in [3.8, 4) is 0 Å². The molecule has 0 aliphatic heterocycles. The zero-order valence-electron chi connectivity index (χ0n) is 7.55. The number of carboxylic acid groups (broad SMARTS) is 1. The summed E-state index contributed by atoms with van der Waals surface area (Å²) in [6.07, 6.45) is -4.73. The fourth-order valence-corrected chi connectivity index (χ4v) is 1.86. The smallest absolute Gasteiger partial charge is 0.435 e. The first-order chi connectivity index (χ1) is 6.86. The molecule has 1 aromatic rings. The first-order valence-corrected chi connectivity index (χ1v) is 4.62. The predicted octanol–water partition coefficient (Wildman–Crippen LogP) is 1.58. The Morgan fingerprint density at radius 1 is 1.60 bits per heavy atom. The lowest BCUT2D eigenvalue weighted by atomic mass is 10.3. The molecule has 0 atom stereocenters. The highest BCUT2D eigenvalue weighted by molar-refractivity contribution is 7.13. The minimum Gasteiger partial charge on any atom is -0.477 e. The molecule has 0 unspecified atom stereocenters. The summed E-state index contributed by atoms with van der Waals surface area (Å²) in [5, 5.41) is 11.3. The fourth-order valence-electron chi connectivity index (χ4n) is 0.928. The molecular formula is C7H7F3N2O2S. The van der Waals surface area contributed by atoms with Crippen LogP contribution in [0.4, 0.5) is 13.2 Å². The van der Waals surface area contributed by atoms with Crippen LogP contribution in [0, 0.1) is 0 Å². The van der Waals surface area contributed by atoms with Crippen molar-refractivity contribution in [3.05, 3.63) is 15.6 Å². The third-order valence-electron chi connectivity index (χ3n) is 1.46. The summed E-state index contributed by atoms with van der Waals surface area (Å²) in [5.74, 6) is -1.61. The van der Waals surface area contributed by atoms with Gasteiger partial charge in [-0.15, -0.1) is 11.3 Å². The first kappa shape index (κ1) is 11.9. The van der Waals surface area contributed by atoms with Gasteiger partial charge in [0.2, 0.25) is 0 Å². The maximum absolute atomic E-state index is 12.3. The van der Waals surface area contributed by atoms with Gasteiger partial charge in [0.05, 0.1) is 0 Å². The molecule has 0 fully saturated rings. The fraction of sp³-hybridized carbons (Fsp3) is 0.429. The van der Waals surface area contributed by atoms with Gasteiger partial charge in [-0.25, -0.2) is 9.78 Å². The highest BCUT2D eigenvalue weighted by Crippen LogP contribution is 2.34. The van der Waals surface area contributed by atoms with Crippen LogP contribution in [0.15, 0.2) is 0 Å². The van der Waals surface area contributed by atoms with Crippen molar-refractivity contribution in [3.63, 3.8) is 0 Å². The summed E-state index contributed by atoms with van der Waals surface area (Å²) in [6.45, 7) is 0.112. The molecule has 84 valence electrons. The second-order valence-electron chi connectivity index (χ2n) is 2.62. The molecular weight excluding hydrogens is 233 g/mol. The Morgan fingerprint density at radius 2 is 2.20 bits per heavy atom. The molecule has 0 amide bonds. The van der Waals surface area contributed by atoms with Gasteiger partial charge in [0, 0.05) is 6.54 Å². The average molecular weight is 240 g/mol. The molecule has 8 heteroatoms. The van der Waals surface area contributed by atoms with Crippen LogP contribution >= 0.6 is 11.3 Å². The third kappa shape index (κ3) is 2.66. The molecule has 15 heavy (non-hydrogen) atoms. The highest BCUT2D eigenvalue weighted by atomic mass is 32.1. The largest absolute Gasteiger partial charge is 0.477 e. The van der Waals surface area contributed by atoms with Crippen molar-refractivity contribution < 1.29 is 23.1 Å². The Hall–Kier alpha value is -1.15. The maximum Gasteiger partial charge on any atom is 0.435 e. The standard InChI is InChI=1S/C7H7F3N2O2S/c1-11-2-3-12-5(7(8,9)10)4(15-3)6(13)14/h11H,2H2,1H3,(H,13,14). The van der Waals surface area contributed by atoms with Crippen molar-refractivity contribution in [2.24, 2.45) is 0 Å². The predicted molar refractivity (Wildman–Crippen MR) is 46.8 cm³/mol. The zero-order chi connectivity index (χ0) is 11.6. The van der Waals surface area contributed by atoms with Crippen LogP contribution in [0.2, 0.25) is 0 Å². The average Bonchev–Trinajstić information content (AvgIpc) is 2.48.